The van der Waals surface area contributed by atoms with Crippen molar-refractivity contribution < 1.29 is 4.39 Å². The molecular formula is C25H20FN7S. The van der Waals surface area contributed by atoms with E-state index in [1.54, 1.807) is 23.7 Å². The van der Waals surface area contributed by atoms with Gasteiger partial charge < -0.3 is 9.88 Å². The van der Waals surface area contributed by atoms with E-state index in [4.69, 9.17) is 4.98 Å². The SMILES string of the molecule is CN(C)Cc1cncc(-c2cc(F)c3[nH]nc(-c4nc5c(-c6cccs6)ccnc5[nH]4)c3c2)c1. The Morgan fingerprint density at radius 2 is 2.00 bits per heavy atom. The average molecular weight is 470 g/mol. The largest absolute Gasteiger partial charge is 0.321 e. The monoisotopic (exact) mass is 469 g/mol. The second kappa shape index (κ2) is 8.12. The Morgan fingerprint density at radius 1 is 1.09 bits per heavy atom. The first-order valence-corrected chi connectivity index (χ1v) is 11.6. The Labute approximate surface area is 198 Å². The van der Waals surface area contributed by atoms with Gasteiger partial charge in [0.1, 0.15) is 22.5 Å². The number of pyridine rings is 2. The van der Waals surface area contributed by atoms with E-state index in [0.717, 1.165) is 39.2 Å². The average Bonchev–Trinajstić information content (AvgIpc) is 3.57. The third-order valence-corrected chi connectivity index (χ3v) is 6.55. The van der Waals surface area contributed by atoms with Crippen LogP contribution in [-0.2, 0) is 6.54 Å². The molecule has 0 fully saturated rings. The fourth-order valence-corrected chi connectivity index (χ4v) is 4.93. The van der Waals surface area contributed by atoms with Gasteiger partial charge in [0.05, 0.1) is 0 Å². The van der Waals surface area contributed by atoms with Gasteiger partial charge in [0.25, 0.3) is 0 Å². The Kier molecular flexibility index (Phi) is 4.93. The van der Waals surface area contributed by atoms with Crippen molar-refractivity contribution in [3.63, 3.8) is 0 Å². The Morgan fingerprint density at radius 3 is 2.82 bits per heavy atom. The summed E-state index contributed by atoms with van der Waals surface area (Å²) >= 11 is 1.64. The van der Waals surface area contributed by atoms with Crippen LogP contribution in [0.25, 0.3) is 55.2 Å². The lowest BCUT2D eigenvalue weighted by Gasteiger charge is -2.10. The fraction of sp³-hybridized carbons (Fsp3) is 0.120. The van der Waals surface area contributed by atoms with Crippen LogP contribution in [0.5, 0.6) is 0 Å². The highest BCUT2D eigenvalue weighted by molar-refractivity contribution is 7.13. The molecule has 7 nitrogen and oxygen atoms in total. The van der Waals surface area contributed by atoms with Crippen LogP contribution in [0.1, 0.15) is 5.56 Å². The van der Waals surface area contributed by atoms with Crippen molar-refractivity contribution in [1.29, 1.82) is 0 Å². The maximum absolute atomic E-state index is 15.1. The van der Waals surface area contributed by atoms with Crippen LogP contribution < -0.4 is 0 Å². The highest BCUT2D eigenvalue weighted by atomic mass is 32.1. The number of fused-ring (bicyclic) bond motifs is 2. The van der Waals surface area contributed by atoms with E-state index in [0.29, 0.717) is 28.1 Å². The van der Waals surface area contributed by atoms with E-state index < -0.39 is 0 Å². The van der Waals surface area contributed by atoms with Crippen molar-refractivity contribution >= 4 is 33.4 Å². The molecule has 2 N–H and O–H groups in total. The second-order valence-electron chi connectivity index (χ2n) is 8.39. The number of rotatable bonds is 5. The first-order chi connectivity index (χ1) is 16.6. The van der Waals surface area contributed by atoms with Crippen LogP contribution in [0.2, 0.25) is 0 Å². The van der Waals surface area contributed by atoms with Gasteiger partial charge in [0.2, 0.25) is 0 Å². The number of aromatic nitrogens is 6. The maximum Gasteiger partial charge on any atom is 0.160 e. The zero-order valence-corrected chi connectivity index (χ0v) is 19.3. The molecule has 0 aliphatic heterocycles. The van der Waals surface area contributed by atoms with Crippen LogP contribution in [0, 0.1) is 5.82 Å². The highest BCUT2D eigenvalue weighted by Crippen LogP contribution is 2.34. The van der Waals surface area contributed by atoms with Crippen LogP contribution in [0.4, 0.5) is 4.39 Å². The van der Waals surface area contributed by atoms with Crippen LogP contribution >= 0.6 is 11.3 Å². The summed E-state index contributed by atoms with van der Waals surface area (Å²) in [7, 11) is 4.00. The van der Waals surface area contributed by atoms with Gasteiger partial charge in [-0.1, -0.05) is 6.07 Å². The minimum atomic E-state index is -0.377. The molecule has 168 valence electrons. The van der Waals surface area contributed by atoms with Gasteiger partial charge in [0.15, 0.2) is 11.5 Å². The minimum Gasteiger partial charge on any atom is -0.321 e. The Bertz CT molecular complexity index is 1630. The van der Waals surface area contributed by atoms with E-state index in [1.165, 1.54) is 6.07 Å². The summed E-state index contributed by atoms with van der Waals surface area (Å²) in [5.74, 6) is 0.159. The molecule has 34 heavy (non-hydrogen) atoms. The predicted molar refractivity (Wildman–Crippen MR) is 133 cm³/mol. The van der Waals surface area contributed by atoms with Crippen molar-refractivity contribution in [2.45, 2.75) is 6.54 Å². The van der Waals surface area contributed by atoms with Crippen LogP contribution in [-0.4, -0.2) is 49.1 Å². The topological polar surface area (TPSA) is 86.4 Å². The van der Waals surface area contributed by atoms with Crippen molar-refractivity contribution in [2.75, 3.05) is 14.1 Å². The predicted octanol–water partition coefficient (Wildman–Crippen LogP) is 5.49. The summed E-state index contributed by atoms with van der Waals surface area (Å²) in [5, 5.41) is 9.91. The molecule has 0 aliphatic rings. The third-order valence-electron chi connectivity index (χ3n) is 5.65. The Hall–Kier alpha value is -3.95. The van der Waals surface area contributed by atoms with Crippen LogP contribution in [0.3, 0.4) is 0 Å². The van der Waals surface area contributed by atoms with Gasteiger partial charge in [0, 0.05) is 46.5 Å². The summed E-state index contributed by atoms with van der Waals surface area (Å²) in [5.41, 5.74) is 5.93. The Balaban J connectivity index is 1.49. The summed E-state index contributed by atoms with van der Waals surface area (Å²) in [6.07, 6.45) is 5.33. The number of hydrogen-bond donors (Lipinski definition) is 2. The molecule has 0 spiro atoms. The molecule has 6 aromatic rings. The number of hydrogen-bond acceptors (Lipinski definition) is 6. The molecule has 0 amide bonds. The molecule has 0 bridgehead atoms. The van der Waals surface area contributed by atoms with Gasteiger partial charge in [-0.25, -0.2) is 14.4 Å². The van der Waals surface area contributed by atoms with Gasteiger partial charge in [-0.15, -0.1) is 11.3 Å². The summed E-state index contributed by atoms with van der Waals surface area (Å²) in [6, 6.07) is 11.5. The lowest BCUT2D eigenvalue weighted by molar-refractivity contribution is 0.402. The molecule has 0 radical (unpaired) electrons. The number of aromatic amines is 2. The van der Waals surface area contributed by atoms with Crippen molar-refractivity contribution in [1.82, 2.24) is 35.0 Å². The molecule has 1 aromatic carbocycles. The summed E-state index contributed by atoms with van der Waals surface area (Å²) in [4.78, 5) is 20.0. The lowest BCUT2D eigenvalue weighted by atomic mass is 10.0. The number of benzene rings is 1. The second-order valence-corrected chi connectivity index (χ2v) is 9.34. The number of imidazole rings is 1. The van der Waals surface area contributed by atoms with Gasteiger partial charge in [-0.2, -0.15) is 5.10 Å². The molecule has 0 atom stereocenters. The van der Waals surface area contributed by atoms with E-state index in [2.05, 4.69) is 36.1 Å². The first kappa shape index (κ1) is 20.6. The van der Waals surface area contributed by atoms with Crippen molar-refractivity contribution in [2.24, 2.45) is 0 Å². The molecule has 0 saturated carbocycles. The molecule has 0 aliphatic carbocycles. The van der Waals surface area contributed by atoms with Crippen molar-refractivity contribution in [3.05, 3.63) is 71.7 Å². The molecule has 0 saturated heterocycles. The van der Waals surface area contributed by atoms with E-state index in [-0.39, 0.29) is 5.82 Å². The number of nitrogens with one attached hydrogen (secondary N) is 2. The molecule has 0 unspecified atom stereocenters. The number of nitrogens with zero attached hydrogens (tertiary/aromatic N) is 5. The number of thiophene rings is 1. The van der Waals surface area contributed by atoms with Gasteiger partial charge in [-0.05, 0) is 60.9 Å². The third kappa shape index (κ3) is 3.55. The summed E-state index contributed by atoms with van der Waals surface area (Å²) in [6.45, 7) is 0.751. The van der Waals surface area contributed by atoms with Crippen LogP contribution in [0.15, 0.2) is 60.4 Å². The standard InChI is InChI=1S/C25H20FN7S/c1-33(2)13-14-8-16(12-27-11-14)15-9-18-21(19(26)10-15)31-32-23(18)25-29-22-17(20-4-3-7-34-20)5-6-28-24(22)30-25/h3-12H,13H2,1-2H3,(H,31,32)(H,28,29,30). The molecule has 5 heterocycles. The van der Waals surface area contributed by atoms with Crippen molar-refractivity contribution in [3.8, 4) is 33.1 Å². The molecule has 5 aromatic heterocycles. The van der Waals surface area contributed by atoms with E-state index >= 15 is 4.39 Å². The van der Waals surface area contributed by atoms with E-state index in [1.807, 2.05) is 49.9 Å². The quantitative estimate of drug-likeness (QED) is 0.349. The summed E-state index contributed by atoms with van der Waals surface area (Å²) < 4.78 is 15.1. The van der Waals surface area contributed by atoms with E-state index in [9.17, 15) is 0 Å². The highest BCUT2D eigenvalue weighted by Gasteiger charge is 2.19. The maximum atomic E-state index is 15.1. The number of H-pyrrole nitrogens is 2. The normalized spacial score (nSPS) is 11.8. The first-order valence-electron chi connectivity index (χ1n) is 10.7. The van der Waals surface area contributed by atoms with Gasteiger partial charge in [-0.3, -0.25) is 10.1 Å². The smallest absolute Gasteiger partial charge is 0.160 e. The van der Waals surface area contributed by atoms with Gasteiger partial charge >= 0.3 is 0 Å². The minimum absolute atomic E-state index is 0.336. The molecular weight excluding hydrogens is 449 g/mol. The zero-order chi connectivity index (χ0) is 23.2. The molecule has 6 rings (SSSR count). The molecule has 9 heteroatoms. The zero-order valence-electron chi connectivity index (χ0n) is 18.5. The fourth-order valence-electron chi connectivity index (χ4n) is 4.18. The number of halogens is 1. The lowest BCUT2D eigenvalue weighted by Crippen LogP contribution is -2.10.